The maximum atomic E-state index is 13.2. The molecule has 0 aliphatic carbocycles. The van der Waals surface area contributed by atoms with Crippen molar-refractivity contribution in [2.45, 2.75) is 11.3 Å². The van der Waals surface area contributed by atoms with Gasteiger partial charge in [-0.25, -0.2) is 0 Å². The Hall–Kier alpha value is -1.27. The fourth-order valence-corrected chi connectivity index (χ4v) is 17.6. The summed E-state index contributed by atoms with van der Waals surface area (Å²) in [5, 5.41) is 1.65. The zero-order chi connectivity index (χ0) is 20.4. The first-order valence-electron chi connectivity index (χ1n) is 9.34. The summed E-state index contributed by atoms with van der Waals surface area (Å²) in [6.07, 6.45) is 1.29. The third kappa shape index (κ3) is 4.58. The summed E-state index contributed by atoms with van der Waals surface area (Å²) in [5.74, 6) is 2.49. The molecule has 0 amide bonds. The van der Waals surface area contributed by atoms with Crippen molar-refractivity contribution < 1.29 is 8.42 Å². The molecule has 3 aromatic rings. The molecule has 152 valence electrons. The summed E-state index contributed by atoms with van der Waals surface area (Å²) < 4.78 is 30.5. The quantitative estimate of drug-likeness (QED) is 0.524. The van der Waals surface area contributed by atoms with Crippen molar-refractivity contribution in [1.29, 1.82) is 0 Å². The number of benzene rings is 3. The van der Waals surface area contributed by atoms with Gasteiger partial charge in [0.2, 0.25) is 0 Å². The van der Waals surface area contributed by atoms with Crippen LogP contribution in [0, 0.1) is 0 Å². The second-order valence-corrected chi connectivity index (χ2v) is 20.3. The molecule has 1 aliphatic heterocycles. The van der Waals surface area contributed by atoms with Gasteiger partial charge in [0.15, 0.2) is 0 Å². The summed E-state index contributed by atoms with van der Waals surface area (Å²) in [6, 6.07) is 19.2. The number of rotatable bonds is 5. The predicted octanol–water partition coefficient (Wildman–Crippen LogP) is 4.27. The first kappa shape index (κ1) is 21.0. The molecule has 0 atom stereocenters. The van der Waals surface area contributed by atoms with Crippen molar-refractivity contribution in [3.63, 3.8) is 0 Å². The Morgan fingerprint density at radius 2 is 1.55 bits per heavy atom. The number of fused-ring (bicyclic) bond motifs is 1. The molecule has 0 radical (unpaired) electrons. The Balaban J connectivity index is 1.63. The zero-order valence-electron chi connectivity index (χ0n) is 16.3. The van der Waals surface area contributed by atoms with Gasteiger partial charge in [-0.3, -0.25) is 0 Å². The standard InChI is InChI=1S/C21H23AsN2O2S3/c1-24(2)20-8-3-7-19-18(20)6-4-9-21(19)29(25,26)23-17-12-10-16(11-13-17)22-27-14-5-15-28-22/h3-4,6-13,23H,5,14-15H2,1-2H3. The number of hydrogen-bond acceptors (Lipinski definition) is 5. The molecule has 29 heavy (non-hydrogen) atoms. The van der Waals surface area contributed by atoms with Crippen molar-refractivity contribution in [2.24, 2.45) is 0 Å². The molecular weight excluding hydrogens is 483 g/mol. The summed E-state index contributed by atoms with van der Waals surface area (Å²) in [7, 11) is 4.44. The van der Waals surface area contributed by atoms with Gasteiger partial charge in [0.1, 0.15) is 0 Å². The molecule has 1 aliphatic rings. The molecule has 0 bridgehead atoms. The van der Waals surface area contributed by atoms with Gasteiger partial charge in [-0.1, -0.05) is 0 Å². The number of anilines is 2. The zero-order valence-corrected chi connectivity index (χ0v) is 20.7. The number of sulfonamides is 1. The number of hydrogen-bond donors (Lipinski definition) is 1. The topological polar surface area (TPSA) is 49.4 Å². The number of nitrogens with one attached hydrogen (secondary N) is 1. The second-order valence-electron chi connectivity index (χ2n) is 6.95. The Kier molecular flexibility index (Phi) is 6.40. The fraction of sp³-hybridized carbons (Fsp3) is 0.238. The minimum absolute atomic E-state index is 0.302. The molecule has 0 spiro atoms. The van der Waals surface area contributed by atoms with E-state index in [4.69, 9.17) is 0 Å². The molecule has 3 aromatic carbocycles. The molecule has 4 rings (SSSR count). The van der Waals surface area contributed by atoms with E-state index in [9.17, 15) is 8.42 Å². The number of nitrogens with zero attached hydrogens (tertiary/aromatic N) is 1. The normalized spacial score (nSPS) is 15.4. The SMILES string of the molecule is CN(C)c1cccc2c(S(=O)(=O)Nc3ccc([As]4SCCCS4)cc3)cccc12. The van der Waals surface area contributed by atoms with E-state index in [-0.39, 0.29) is 0 Å². The molecule has 0 unspecified atom stereocenters. The van der Waals surface area contributed by atoms with Gasteiger partial charge in [-0.05, 0) is 0 Å². The van der Waals surface area contributed by atoms with E-state index in [2.05, 4.69) is 36.9 Å². The summed E-state index contributed by atoms with van der Waals surface area (Å²) in [6.45, 7) is 0. The van der Waals surface area contributed by atoms with E-state index in [1.807, 2.05) is 55.4 Å². The van der Waals surface area contributed by atoms with Crippen molar-refractivity contribution in [3.8, 4) is 0 Å². The van der Waals surface area contributed by atoms with Crippen LogP contribution in [0.5, 0.6) is 0 Å². The van der Waals surface area contributed by atoms with Crippen molar-refractivity contribution in [1.82, 2.24) is 0 Å². The van der Waals surface area contributed by atoms with Crippen LogP contribution in [0.25, 0.3) is 10.8 Å². The third-order valence-corrected chi connectivity index (χ3v) is 19.8. The summed E-state index contributed by atoms with van der Waals surface area (Å²) in [4.78, 5) is 2.30. The molecule has 8 heteroatoms. The molecule has 1 fully saturated rings. The third-order valence-electron chi connectivity index (χ3n) is 4.67. The van der Waals surface area contributed by atoms with Gasteiger partial charge in [-0.2, -0.15) is 0 Å². The molecule has 1 N–H and O–H groups in total. The van der Waals surface area contributed by atoms with E-state index in [1.54, 1.807) is 12.1 Å². The van der Waals surface area contributed by atoms with Gasteiger partial charge in [0, 0.05) is 0 Å². The summed E-state index contributed by atoms with van der Waals surface area (Å²) >= 11 is -1.09. The summed E-state index contributed by atoms with van der Waals surface area (Å²) in [5.41, 5.74) is 1.60. The molecule has 0 aromatic heterocycles. The van der Waals surface area contributed by atoms with Gasteiger partial charge in [0.05, 0.1) is 0 Å². The van der Waals surface area contributed by atoms with Crippen LogP contribution in [0.3, 0.4) is 0 Å². The molecule has 1 heterocycles. The Bertz CT molecular complexity index is 1110. The van der Waals surface area contributed by atoms with Crippen molar-refractivity contribution in [2.75, 3.05) is 35.2 Å². The molecule has 1 saturated heterocycles. The molecule has 4 nitrogen and oxygen atoms in total. The first-order chi connectivity index (χ1) is 14.0. The van der Waals surface area contributed by atoms with E-state index >= 15 is 0 Å². The molecular formula is C21H23AsN2O2S3. The van der Waals surface area contributed by atoms with E-state index in [0.29, 0.717) is 10.6 Å². The van der Waals surface area contributed by atoms with E-state index in [1.165, 1.54) is 22.3 Å². The second kappa shape index (κ2) is 8.84. The van der Waals surface area contributed by atoms with Crippen LogP contribution in [-0.4, -0.2) is 46.4 Å². The monoisotopic (exact) mass is 506 g/mol. The molecule has 0 saturated carbocycles. The van der Waals surface area contributed by atoms with Crippen LogP contribution < -0.4 is 14.0 Å². The van der Waals surface area contributed by atoms with Crippen LogP contribution >= 0.6 is 20.0 Å². The van der Waals surface area contributed by atoms with Crippen LogP contribution in [0.4, 0.5) is 11.4 Å². The van der Waals surface area contributed by atoms with Gasteiger partial charge in [0.25, 0.3) is 0 Å². The van der Waals surface area contributed by atoms with Crippen molar-refractivity contribution >= 4 is 68.9 Å². The van der Waals surface area contributed by atoms with Crippen LogP contribution in [0.15, 0.2) is 65.6 Å². The van der Waals surface area contributed by atoms with Gasteiger partial charge < -0.3 is 0 Å². The average molecular weight is 507 g/mol. The van der Waals surface area contributed by atoms with Crippen molar-refractivity contribution in [3.05, 3.63) is 60.7 Å². The Morgan fingerprint density at radius 3 is 2.24 bits per heavy atom. The Labute approximate surface area is 183 Å². The van der Waals surface area contributed by atoms with Crippen LogP contribution in [-0.2, 0) is 10.0 Å². The first-order valence-corrected chi connectivity index (χ1v) is 18.2. The van der Waals surface area contributed by atoms with Gasteiger partial charge in [-0.15, -0.1) is 0 Å². The van der Waals surface area contributed by atoms with Crippen LogP contribution in [0.1, 0.15) is 6.42 Å². The fourth-order valence-electron chi connectivity index (χ4n) is 3.29. The Morgan fingerprint density at radius 1 is 0.897 bits per heavy atom. The van der Waals surface area contributed by atoms with Gasteiger partial charge >= 0.3 is 185 Å². The predicted molar refractivity (Wildman–Crippen MR) is 130 cm³/mol. The van der Waals surface area contributed by atoms with E-state index in [0.717, 1.165) is 16.5 Å². The van der Waals surface area contributed by atoms with Crippen LogP contribution in [0.2, 0.25) is 0 Å². The van der Waals surface area contributed by atoms with E-state index < -0.39 is 22.4 Å². The average Bonchev–Trinajstić information content (AvgIpc) is 2.73. The maximum absolute atomic E-state index is 13.2. The minimum atomic E-state index is -3.69.